The van der Waals surface area contributed by atoms with Crippen molar-refractivity contribution < 1.29 is 36.2 Å². The maximum Gasteiger partial charge on any atom is 0.458 e. The van der Waals surface area contributed by atoms with Crippen LogP contribution in [0.1, 0.15) is 25.0 Å². The van der Waals surface area contributed by atoms with E-state index in [0.29, 0.717) is 12.1 Å². The summed E-state index contributed by atoms with van der Waals surface area (Å²) in [6.45, 7) is 2.99. The van der Waals surface area contributed by atoms with Crippen molar-refractivity contribution in [1.29, 1.82) is 0 Å². The maximum atomic E-state index is 14.1. The van der Waals surface area contributed by atoms with Crippen molar-refractivity contribution in [3.63, 3.8) is 0 Å². The molecule has 0 atom stereocenters. The number of halogens is 5. The first-order valence-electron chi connectivity index (χ1n) is 9.31. The van der Waals surface area contributed by atoms with E-state index in [2.05, 4.69) is 10.1 Å². The van der Waals surface area contributed by atoms with Crippen LogP contribution in [0, 0.1) is 0 Å². The normalized spacial score (nSPS) is 15.6. The molecule has 0 saturated heterocycles. The fraction of sp³-hybridized carbons (Fsp3) is 0.333. The van der Waals surface area contributed by atoms with E-state index in [9.17, 15) is 31.5 Å². The molecule has 32 heavy (non-hydrogen) atoms. The average Bonchev–Trinajstić information content (AvgIpc) is 2.70. The van der Waals surface area contributed by atoms with Crippen LogP contribution >= 0.6 is 0 Å². The zero-order valence-electron chi connectivity index (χ0n) is 17.2. The predicted octanol–water partition coefficient (Wildman–Crippen LogP) is 4.29. The number of rotatable bonds is 4. The van der Waals surface area contributed by atoms with Crippen molar-refractivity contribution >= 4 is 11.8 Å². The Labute approximate surface area is 179 Å². The fourth-order valence-electron chi connectivity index (χ4n) is 3.36. The highest BCUT2D eigenvalue weighted by molar-refractivity contribution is 5.78. The lowest BCUT2D eigenvalue weighted by Gasteiger charge is -2.38. The van der Waals surface area contributed by atoms with E-state index in [-0.39, 0.29) is 29.1 Å². The maximum absolute atomic E-state index is 14.1. The quantitative estimate of drug-likeness (QED) is 0.695. The third-order valence-electron chi connectivity index (χ3n) is 4.99. The molecular weight excluding hydrogens is 439 g/mol. The number of hydrogen-bond acceptors (Lipinski definition) is 4. The molecule has 6 nitrogen and oxygen atoms in total. The topological polar surface area (TPSA) is 69.6 Å². The summed E-state index contributed by atoms with van der Waals surface area (Å²) in [5.41, 5.74) is -2.90. The summed E-state index contributed by atoms with van der Waals surface area (Å²) in [5, 5.41) is 2.43. The van der Waals surface area contributed by atoms with E-state index in [1.165, 1.54) is 24.4 Å². The summed E-state index contributed by atoms with van der Waals surface area (Å²) in [7, 11) is 1.13. The molecule has 0 bridgehead atoms. The number of alkyl carbamates (subject to hydrolysis) is 1. The number of pyridine rings is 1. The van der Waals surface area contributed by atoms with Gasteiger partial charge in [-0.2, -0.15) is 22.0 Å². The van der Waals surface area contributed by atoms with E-state index >= 15 is 0 Å². The van der Waals surface area contributed by atoms with Gasteiger partial charge in [-0.15, -0.1) is 0 Å². The van der Waals surface area contributed by atoms with Gasteiger partial charge in [-0.1, -0.05) is 6.07 Å². The lowest BCUT2D eigenvalue weighted by atomic mass is 9.88. The molecule has 11 heteroatoms. The fourth-order valence-corrected chi connectivity index (χ4v) is 3.36. The predicted molar refractivity (Wildman–Crippen MR) is 105 cm³/mol. The molecule has 1 N–H and O–H groups in total. The second-order valence-electron chi connectivity index (χ2n) is 7.48. The first kappa shape index (κ1) is 23.3. The van der Waals surface area contributed by atoms with Gasteiger partial charge in [-0.25, -0.2) is 4.79 Å². The van der Waals surface area contributed by atoms with Gasteiger partial charge < -0.3 is 14.8 Å². The third-order valence-corrected chi connectivity index (χ3v) is 4.99. The van der Waals surface area contributed by atoms with Gasteiger partial charge in [0.2, 0.25) is 0 Å². The van der Waals surface area contributed by atoms with Gasteiger partial charge in [0.15, 0.2) is 0 Å². The Kier molecular flexibility index (Phi) is 5.79. The van der Waals surface area contributed by atoms with Crippen LogP contribution in [-0.4, -0.2) is 36.1 Å². The Morgan fingerprint density at radius 3 is 2.44 bits per heavy atom. The zero-order chi connectivity index (χ0) is 23.9. The number of ether oxygens (including phenoxy) is 2. The molecule has 1 aromatic heterocycles. The number of amides is 1. The third kappa shape index (κ3) is 4.06. The Bertz CT molecular complexity index is 1140. The van der Waals surface area contributed by atoms with Crippen LogP contribution in [0.25, 0.3) is 5.70 Å². The number of nitrogens with one attached hydrogen (secondary N) is 1. The summed E-state index contributed by atoms with van der Waals surface area (Å²) < 4.78 is 78.5. The van der Waals surface area contributed by atoms with Crippen LogP contribution in [0.15, 0.2) is 53.0 Å². The molecule has 1 amide bonds. The van der Waals surface area contributed by atoms with Crippen LogP contribution in [-0.2, 0) is 10.7 Å². The van der Waals surface area contributed by atoms with Gasteiger partial charge in [0, 0.05) is 35.5 Å². The molecule has 2 aromatic rings. The Morgan fingerprint density at radius 1 is 1.16 bits per heavy atom. The monoisotopic (exact) mass is 458 g/mol. The number of fused-ring (bicyclic) bond motifs is 1. The van der Waals surface area contributed by atoms with Crippen LogP contribution < -0.4 is 15.6 Å². The molecular formula is C21H19F5N2O4. The number of benzene rings is 1. The minimum atomic E-state index is -5.82. The number of alkyl halides is 5. The lowest BCUT2D eigenvalue weighted by Crippen LogP contribution is -2.42. The van der Waals surface area contributed by atoms with Crippen molar-refractivity contribution in [3.05, 3.63) is 69.6 Å². The SMILES string of the molecule is COC(=O)NCC1=C(n2ccccc2=O)c2cc(C(F)(F)C(F)(F)F)ccc2OC1(C)C. The van der Waals surface area contributed by atoms with Gasteiger partial charge in [0.25, 0.3) is 5.56 Å². The molecule has 172 valence electrons. The molecule has 0 fully saturated rings. The molecule has 1 aromatic carbocycles. The summed E-state index contributed by atoms with van der Waals surface area (Å²) >= 11 is 0. The number of hydrogen-bond donors (Lipinski definition) is 1. The molecule has 0 aliphatic carbocycles. The van der Waals surface area contributed by atoms with Gasteiger partial charge in [-0.05, 0) is 38.1 Å². The lowest BCUT2D eigenvalue weighted by molar-refractivity contribution is -0.289. The largest absolute Gasteiger partial charge is 0.483 e. The molecule has 3 rings (SSSR count). The Balaban J connectivity index is 2.32. The van der Waals surface area contributed by atoms with Crippen molar-refractivity contribution in [2.24, 2.45) is 0 Å². The van der Waals surface area contributed by atoms with Crippen LogP contribution in [0.3, 0.4) is 0 Å². The standard InChI is InChI=1S/C21H19F5N2O4/c1-19(2)14(11-27-18(30)31-3)17(28-9-5-4-6-16(28)29)13-10-12(7-8-15(13)32-19)20(22,23)21(24,25)26/h4-10H,11H2,1-3H3,(H,27,30). The molecule has 1 aliphatic rings. The first-order valence-corrected chi connectivity index (χ1v) is 9.31. The van der Waals surface area contributed by atoms with E-state index < -0.39 is 34.9 Å². The highest BCUT2D eigenvalue weighted by Gasteiger charge is 2.59. The average molecular weight is 458 g/mol. The second-order valence-corrected chi connectivity index (χ2v) is 7.48. The first-order chi connectivity index (χ1) is 14.8. The van der Waals surface area contributed by atoms with Gasteiger partial charge in [-0.3, -0.25) is 9.36 Å². The summed E-state index contributed by atoms with van der Waals surface area (Å²) in [6, 6.07) is 6.43. The second kappa shape index (κ2) is 7.95. The van der Waals surface area contributed by atoms with E-state index in [1.54, 1.807) is 13.8 Å². The highest BCUT2D eigenvalue weighted by atomic mass is 19.4. The molecule has 0 radical (unpaired) electrons. The minimum Gasteiger partial charge on any atom is -0.483 e. The van der Waals surface area contributed by atoms with Crippen LogP contribution in [0.4, 0.5) is 26.7 Å². The van der Waals surface area contributed by atoms with Gasteiger partial charge in [0.1, 0.15) is 11.4 Å². The van der Waals surface area contributed by atoms with Crippen molar-refractivity contribution in [2.75, 3.05) is 13.7 Å². The van der Waals surface area contributed by atoms with Gasteiger partial charge in [0.05, 0.1) is 12.8 Å². The number of carbonyl (C=O) groups is 1. The Morgan fingerprint density at radius 2 is 1.84 bits per heavy atom. The van der Waals surface area contributed by atoms with E-state index in [0.717, 1.165) is 17.7 Å². The number of aromatic nitrogens is 1. The van der Waals surface area contributed by atoms with Crippen LogP contribution in [0.5, 0.6) is 5.75 Å². The van der Waals surface area contributed by atoms with E-state index in [4.69, 9.17) is 4.74 Å². The van der Waals surface area contributed by atoms with Gasteiger partial charge >= 0.3 is 18.2 Å². The minimum absolute atomic E-state index is 0.00398. The van der Waals surface area contributed by atoms with Crippen molar-refractivity contribution in [3.8, 4) is 5.75 Å². The van der Waals surface area contributed by atoms with Crippen molar-refractivity contribution in [2.45, 2.75) is 31.5 Å². The smallest absolute Gasteiger partial charge is 0.458 e. The number of methoxy groups -OCH3 is 1. The molecule has 0 unspecified atom stereocenters. The van der Waals surface area contributed by atoms with Crippen molar-refractivity contribution in [1.82, 2.24) is 9.88 Å². The Hall–Kier alpha value is -3.37. The molecule has 0 saturated carbocycles. The summed E-state index contributed by atoms with van der Waals surface area (Å²) in [6.07, 6.45) is -5.29. The van der Waals surface area contributed by atoms with E-state index in [1.807, 2.05) is 0 Å². The number of nitrogens with zero attached hydrogens (tertiary/aromatic N) is 1. The summed E-state index contributed by atoms with van der Waals surface area (Å²) in [5.74, 6) is -5.13. The molecule has 2 heterocycles. The summed E-state index contributed by atoms with van der Waals surface area (Å²) in [4.78, 5) is 24.2. The molecule has 1 aliphatic heterocycles. The van der Waals surface area contributed by atoms with Crippen LogP contribution in [0.2, 0.25) is 0 Å². The molecule has 0 spiro atoms. The number of carbonyl (C=O) groups excluding carboxylic acids is 1. The highest BCUT2D eigenvalue weighted by Crippen LogP contribution is 2.47. The zero-order valence-corrected chi connectivity index (χ0v) is 17.2.